The summed E-state index contributed by atoms with van der Waals surface area (Å²) in [6.07, 6.45) is 0. The Bertz CT molecular complexity index is 1020. The average molecular weight is 410 g/mol. The number of allylic oxidation sites excluding steroid dienone is 1. The summed E-state index contributed by atoms with van der Waals surface area (Å²) in [5.41, 5.74) is 1.98. The van der Waals surface area contributed by atoms with E-state index in [9.17, 15) is 0 Å². The Hall–Kier alpha value is -2.67. The van der Waals surface area contributed by atoms with Gasteiger partial charge in [0.2, 0.25) is 0 Å². The molecule has 0 aliphatic heterocycles. The Morgan fingerprint density at radius 3 is 1.48 bits per heavy atom. The fourth-order valence-corrected chi connectivity index (χ4v) is 2.93. The maximum atomic E-state index is 5.53. The van der Waals surface area contributed by atoms with Gasteiger partial charge in [-0.2, -0.15) is 23.8 Å². The molecule has 0 saturated carbocycles. The van der Waals surface area contributed by atoms with E-state index in [4.69, 9.17) is 6.58 Å². The molecule has 0 saturated heterocycles. The van der Waals surface area contributed by atoms with Gasteiger partial charge in [-0.1, -0.05) is 61.5 Å². The van der Waals surface area contributed by atoms with E-state index in [1.165, 1.54) is 21.5 Å². The number of hydrogen-bond acceptors (Lipinski definition) is 0. The minimum atomic E-state index is 0. The van der Waals surface area contributed by atoms with Gasteiger partial charge in [0.05, 0.1) is 0 Å². The first-order chi connectivity index (χ1) is 13.3. The van der Waals surface area contributed by atoms with Crippen molar-refractivity contribution in [1.29, 1.82) is 0 Å². The molecule has 0 aromatic heterocycles. The standard InChI is InChI=1S/C13H9.C9H9.C5H5.CH3.Ti/c1-3-7-12-10(5-1)9-11-6-2-4-8-13(11)12;1-8(2)9-6-4-3-5-7-9;1-2-4-5-3-1;;/h1-9H;1,3-7H,2H3;1-5H;1H3;/q4*-1;+4. The summed E-state index contributed by atoms with van der Waals surface area (Å²) >= 11 is 0. The molecule has 0 aliphatic carbocycles. The van der Waals surface area contributed by atoms with Gasteiger partial charge < -0.3 is 7.43 Å². The van der Waals surface area contributed by atoms with Gasteiger partial charge >= 0.3 is 21.7 Å². The Balaban J connectivity index is 0.000000231. The zero-order chi connectivity index (χ0) is 18.9. The Morgan fingerprint density at radius 2 is 1.10 bits per heavy atom. The number of fused-ring (bicyclic) bond motifs is 3. The Labute approximate surface area is 190 Å². The number of rotatable bonds is 1. The van der Waals surface area contributed by atoms with E-state index in [1.54, 1.807) is 0 Å². The summed E-state index contributed by atoms with van der Waals surface area (Å²) in [6.45, 7) is 7.43. The van der Waals surface area contributed by atoms with Crippen LogP contribution in [-0.4, -0.2) is 0 Å². The first-order valence-electron chi connectivity index (χ1n) is 9.10. The fourth-order valence-electron chi connectivity index (χ4n) is 2.93. The molecule has 0 atom stereocenters. The van der Waals surface area contributed by atoms with Crippen molar-refractivity contribution in [3.05, 3.63) is 135 Å². The van der Waals surface area contributed by atoms with Crippen LogP contribution in [0, 0.1) is 14.0 Å². The van der Waals surface area contributed by atoms with Crippen molar-refractivity contribution in [1.82, 2.24) is 0 Å². The third-order valence-electron chi connectivity index (χ3n) is 4.31. The van der Waals surface area contributed by atoms with Crippen LogP contribution in [0.25, 0.3) is 27.1 Å². The molecule has 142 valence electrons. The molecule has 5 aromatic carbocycles. The third-order valence-corrected chi connectivity index (χ3v) is 4.31. The average Bonchev–Trinajstić information content (AvgIpc) is 3.41. The maximum absolute atomic E-state index is 5.53. The van der Waals surface area contributed by atoms with Crippen LogP contribution >= 0.6 is 0 Å². The maximum Gasteiger partial charge on any atom is 4.00 e. The first-order valence-corrected chi connectivity index (χ1v) is 9.10. The van der Waals surface area contributed by atoms with Crippen molar-refractivity contribution >= 4 is 27.1 Å². The van der Waals surface area contributed by atoms with Gasteiger partial charge in [0.1, 0.15) is 0 Å². The summed E-state index contributed by atoms with van der Waals surface area (Å²) in [5.74, 6) is 0. The van der Waals surface area contributed by atoms with E-state index in [1.807, 2.05) is 67.6 Å². The zero-order valence-electron chi connectivity index (χ0n) is 17.0. The molecule has 0 bridgehead atoms. The summed E-state index contributed by atoms with van der Waals surface area (Å²) in [4.78, 5) is 0. The fraction of sp³-hybridized carbons (Fsp3) is 0.0357. The molecule has 0 aliphatic rings. The monoisotopic (exact) mass is 410 g/mol. The second-order valence-electron chi connectivity index (χ2n) is 6.33. The first kappa shape index (κ1) is 24.4. The molecule has 0 amide bonds. The number of benzene rings is 3. The van der Waals surface area contributed by atoms with E-state index >= 15 is 0 Å². The topological polar surface area (TPSA) is 0 Å². The van der Waals surface area contributed by atoms with Gasteiger partial charge in [-0.25, -0.2) is 17.7 Å². The van der Waals surface area contributed by atoms with E-state index in [-0.39, 0.29) is 29.1 Å². The largest absolute Gasteiger partial charge is 4.00 e. The normalized spacial score (nSPS) is 9.14. The molecule has 5 rings (SSSR count). The molecule has 5 aromatic rings. The molecule has 29 heavy (non-hydrogen) atoms. The molecular weight excluding hydrogens is 384 g/mol. The summed E-state index contributed by atoms with van der Waals surface area (Å²) in [6, 6.07) is 39.2. The second kappa shape index (κ2) is 12.7. The molecule has 0 nitrogen and oxygen atoms in total. The summed E-state index contributed by atoms with van der Waals surface area (Å²) in [7, 11) is 0. The summed E-state index contributed by atoms with van der Waals surface area (Å²) < 4.78 is 0. The van der Waals surface area contributed by atoms with Gasteiger partial charge in [0.25, 0.3) is 0 Å². The van der Waals surface area contributed by atoms with Crippen molar-refractivity contribution in [3.8, 4) is 0 Å². The van der Waals surface area contributed by atoms with Gasteiger partial charge in [-0.15, -0.1) is 51.9 Å². The van der Waals surface area contributed by atoms with Crippen LogP contribution in [0.5, 0.6) is 0 Å². The molecule has 0 radical (unpaired) electrons. The van der Waals surface area contributed by atoms with Crippen LogP contribution in [0.2, 0.25) is 0 Å². The van der Waals surface area contributed by atoms with Crippen molar-refractivity contribution < 1.29 is 21.7 Å². The van der Waals surface area contributed by atoms with Crippen LogP contribution in [-0.2, 0) is 21.7 Å². The van der Waals surface area contributed by atoms with Gasteiger partial charge in [-0.05, 0) is 0 Å². The predicted octanol–water partition coefficient (Wildman–Crippen LogP) is 8.09. The zero-order valence-corrected chi connectivity index (χ0v) is 18.6. The quantitative estimate of drug-likeness (QED) is 0.193. The SMILES string of the molecule is [CH-]=C(C)c1ccccc1.[CH3-].[Ti+4].c1cc[cH-]c1.c1ccc2c(c1)[cH-]c1ccccc12. The van der Waals surface area contributed by atoms with Gasteiger partial charge in [0, 0.05) is 0 Å². The van der Waals surface area contributed by atoms with Crippen molar-refractivity contribution in [3.63, 3.8) is 0 Å². The summed E-state index contributed by atoms with van der Waals surface area (Å²) in [5, 5.41) is 5.39. The van der Waals surface area contributed by atoms with Crippen molar-refractivity contribution in [2.45, 2.75) is 6.92 Å². The van der Waals surface area contributed by atoms with E-state index in [0.717, 1.165) is 11.1 Å². The molecule has 0 N–H and O–H groups in total. The molecule has 0 spiro atoms. The molecular formula is C28H26Ti. The Morgan fingerprint density at radius 1 is 0.655 bits per heavy atom. The van der Waals surface area contributed by atoms with Crippen LogP contribution in [0.1, 0.15) is 12.5 Å². The second-order valence-corrected chi connectivity index (χ2v) is 6.33. The molecule has 0 unspecified atom stereocenters. The van der Waals surface area contributed by atoms with Gasteiger partial charge in [-0.3, -0.25) is 6.58 Å². The van der Waals surface area contributed by atoms with Crippen LogP contribution < -0.4 is 0 Å². The van der Waals surface area contributed by atoms with Crippen LogP contribution in [0.4, 0.5) is 0 Å². The van der Waals surface area contributed by atoms with Crippen molar-refractivity contribution in [2.24, 2.45) is 0 Å². The van der Waals surface area contributed by atoms with E-state index in [2.05, 4.69) is 54.6 Å². The minimum Gasteiger partial charge on any atom is -0.358 e. The van der Waals surface area contributed by atoms with Crippen LogP contribution in [0.3, 0.4) is 0 Å². The van der Waals surface area contributed by atoms with Gasteiger partial charge in [0.15, 0.2) is 0 Å². The molecule has 0 fully saturated rings. The smallest absolute Gasteiger partial charge is 0.358 e. The molecule has 0 heterocycles. The van der Waals surface area contributed by atoms with Crippen LogP contribution in [0.15, 0.2) is 115 Å². The third kappa shape index (κ3) is 7.02. The van der Waals surface area contributed by atoms with Crippen molar-refractivity contribution in [2.75, 3.05) is 0 Å². The van der Waals surface area contributed by atoms with E-state index < -0.39 is 0 Å². The predicted molar refractivity (Wildman–Crippen MR) is 125 cm³/mol. The Kier molecular flexibility index (Phi) is 10.7. The minimum absolute atomic E-state index is 0. The van der Waals surface area contributed by atoms with E-state index in [0.29, 0.717) is 0 Å². The molecule has 1 heteroatoms. The number of hydrogen-bond donors (Lipinski definition) is 0.